The Morgan fingerprint density at radius 1 is 1.22 bits per heavy atom. The highest BCUT2D eigenvalue weighted by atomic mass is 32.2. The summed E-state index contributed by atoms with van der Waals surface area (Å²) >= 11 is 0.800. The van der Waals surface area contributed by atoms with Gasteiger partial charge in [-0.25, -0.2) is 0 Å². The lowest BCUT2D eigenvalue weighted by atomic mass is 10.2. The molecule has 144 valence electrons. The summed E-state index contributed by atoms with van der Waals surface area (Å²) in [7, 11) is 1.45. The maximum atomic E-state index is 12.6. The smallest absolute Gasteiger partial charge is 0.294 e. The number of ether oxygens (including phenoxy) is 1. The summed E-state index contributed by atoms with van der Waals surface area (Å²) < 4.78 is 4.99. The zero-order valence-electron chi connectivity index (χ0n) is 15.1. The number of likely N-dealkylation sites (tertiary alicyclic amines) is 1. The summed E-state index contributed by atoms with van der Waals surface area (Å²) in [4.78, 5) is 40.2. The molecule has 3 rings (SSSR count). The summed E-state index contributed by atoms with van der Waals surface area (Å²) in [6.07, 6.45) is 5.63. The van der Waals surface area contributed by atoms with Crippen LogP contribution in [0.2, 0.25) is 0 Å². The number of methoxy groups -OCH3 is 1. The number of phenolic OH excluding ortho intramolecular Hbond substituents is 1. The number of imide groups is 1. The van der Waals surface area contributed by atoms with Crippen molar-refractivity contribution in [3.05, 3.63) is 28.7 Å². The third kappa shape index (κ3) is 4.44. The van der Waals surface area contributed by atoms with Crippen LogP contribution < -0.4 is 4.74 Å². The van der Waals surface area contributed by atoms with E-state index in [4.69, 9.17) is 4.74 Å². The van der Waals surface area contributed by atoms with Gasteiger partial charge in [-0.15, -0.1) is 0 Å². The minimum atomic E-state index is -0.483. The first-order valence-electron chi connectivity index (χ1n) is 8.90. The van der Waals surface area contributed by atoms with Crippen molar-refractivity contribution >= 4 is 34.9 Å². The van der Waals surface area contributed by atoms with Crippen molar-refractivity contribution < 1.29 is 24.2 Å². The van der Waals surface area contributed by atoms with Gasteiger partial charge in [-0.2, -0.15) is 0 Å². The highest BCUT2D eigenvalue weighted by molar-refractivity contribution is 8.18. The van der Waals surface area contributed by atoms with E-state index in [1.54, 1.807) is 17.0 Å². The Morgan fingerprint density at radius 3 is 2.56 bits per heavy atom. The van der Waals surface area contributed by atoms with Crippen LogP contribution >= 0.6 is 11.8 Å². The first-order chi connectivity index (χ1) is 13.0. The fourth-order valence-electron chi connectivity index (χ4n) is 3.14. The van der Waals surface area contributed by atoms with Gasteiger partial charge in [0, 0.05) is 13.1 Å². The molecule has 2 aliphatic rings. The summed E-state index contributed by atoms with van der Waals surface area (Å²) in [5, 5.41) is 9.40. The Hall–Kier alpha value is -2.48. The van der Waals surface area contributed by atoms with E-state index in [1.807, 2.05) is 0 Å². The van der Waals surface area contributed by atoms with Crippen molar-refractivity contribution in [1.82, 2.24) is 9.80 Å². The Morgan fingerprint density at radius 2 is 1.93 bits per heavy atom. The van der Waals surface area contributed by atoms with Gasteiger partial charge < -0.3 is 14.7 Å². The third-order valence-electron chi connectivity index (χ3n) is 4.63. The van der Waals surface area contributed by atoms with Crippen LogP contribution in [0, 0.1) is 0 Å². The predicted octanol–water partition coefficient (Wildman–Crippen LogP) is 2.84. The van der Waals surface area contributed by atoms with Crippen LogP contribution in [0.3, 0.4) is 0 Å². The Balaban J connectivity index is 1.70. The Kier molecular flexibility index (Phi) is 6.05. The van der Waals surface area contributed by atoms with E-state index in [9.17, 15) is 19.5 Å². The SMILES string of the molecule is COc1ccc(/C=C2\SC(=O)N(CC(=O)N3CCCCCC3)C2=O)cc1O. The van der Waals surface area contributed by atoms with Crippen LogP contribution in [0.4, 0.5) is 4.79 Å². The molecule has 0 aromatic heterocycles. The molecule has 0 saturated carbocycles. The van der Waals surface area contributed by atoms with Gasteiger partial charge >= 0.3 is 0 Å². The molecule has 0 radical (unpaired) electrons. The Labute approximate surface area is 162 Å². The van der Waals surface area contributed by atoms with Gasteiger partial charge in [0.15, 0.2) is 11.5 Å². The second-order valence-electron chi connectivity index (χ2n) is 6.49. The quantitative estimate of drug-likeness (QED) is 0.796. The number of phenols is 1. The minimum absolute atomic E-state index is 0.0539. The first kappa shape index (κ1) is 19.3. The second-order valence-corrected chi connectivity index (χ2v) is 7.49. The Bertz CT molecular complexity index is 784. The number of carbonyl (C=O) groups is 3. The maximum absolute atomic E-state index is 12.6. The molecule has 1 aromatic rings. The molecule has 0 bridgehead atoms. The van der Waals surface area contributed by atoms with Crippen molar-refractivity contribution in [1.29, 1.82) is 0 Å². The number of amides is 3. The number of nitrogens with zero attached hydrogens (tertiary/aromatic N) is 2. The molecule has 2 aliphatic heterocycles. The molecule has 0 atom stereocenters. The topological polar surface area (TPSA) is 87.2 Å². The van der Waals surface area contributed by atoms with Crippen LogP contribution in [0.5, 0.6) is 11.5 Å². The molecule has 1 N–H and O–H groups in total. The van der Waals surface area contributed by atoms with E-state index < -0.39 is 11.1 Å². The molecule has 0 spiro atoms. The van der Waals surface area contributed by atoms with Gasteiger partial charge in [0.1, 0.15) is 6.54 Å². The fourth-order valence-corrected chi connectivity index (χ4v) is 3.98. The number of aromatic hydroxyl groups is 1. The van der Waals surface area contributed by atoms with E-state index >= 15 is 0 Å². The van der Waals surface area contributed by atoms with Crippen molar-refractivity contribution in [3.8, 4) is 11.5 Å². The lowest BCUT2D eigenvalue weighted by molar-refractivity contribution is -0.135. The van der Waals surface area contributed by atoms with Gasteiger partial charge in [0.05, 0.1) is 12.0 Å². The fraction of sp³-hybridized carbons (Fsp3) is 0.421. The van der Waals surface area contributed by atoms with Crippen molar-refractivity contribution in [2.24, 2.45) is 0 Å². The molecule has 0 unspecified atom stereocenters. The largest absolute Gasteiger partial charge is 0.504 e. The summed E-state index contributed by atoms with van der Waals surface area (Å²) in [5.41, 5.74) is 0.567. The number of benzene rings is 1. The van der Waals surface area contributed by atoms with Crippen LogP contribution in [0.15, 0.2) is 23.1 Å². The van der Waals surface area contributed by atoms with E-state index in [-0.39, 0.29) is 23.1 Å². The zero-order valence-corrected chi connectivity index (χ0v) is 16.0. The lowest BCUT2D eigenvalue weighted by Crippen LogP contribution is -2.42. The first-order valence-corrected chi connectivity index (χ1v) is 9.71. The van der Waals surface area contributed by atoms with E-state index in [1.165, 1.54) is 19.3 Å². The summed E-state index contributed by atoms with van der Waals surface area (Å²) in [6.45, 7) is 1.13. The number of rotatable bonds is 4. The van der Waals surface area contributed by atoms with Crippen LogP contribution in [0.25, 0.3) is 6.08 Å². The molecule has 2 saturated heterocycles. The van der Waals surface area contributed by atoms with E-state index in [0.29, 0.717) is 24.4 Å². The monoisotopic (exact) mass is 390 g/mol. The number of carbonyl (C=O) groups excluding carboxylic acids is 3. The normalized spacial score (nSPS) is 19.5. The second kappa shape index (κ2) is 8.47. The van der Waals surface area contributed by atoms with Gasteiger partial charge in [-0.3, -0.25) is 19.3 Å². The van der Waals surface area contributed by atoms with Gasteiger partial charge in [-0.05, 0) is 48.4 Å². The van der Waals surface area contributed by atoms with Crippen LogP contribution in [-0.4, -0.2) is 58.7 Å². The molecule has 2 heterocycles. The average Bonchev–Trinajstić information content (AvgIpc) is 2.86. The molecule has 27 heavy (non-hydrogen) atoms. The lowest BCUT2D eigenvalue weighted by Gasteiger charge is -2.22. The highest BCUT2D eigenvalue weighted by Crippen LogP contribution is 2.34. The highest BCUT2D eigenvalue weighted by Gasteiger charge is 2.37. The predicted molar refractivity (Wildman–Crippen MR) is 102 cm³/mol. The summed E-state index contributed by atoms with van der Waals surface area (Å²) in [6, 6.07) is 4.71. The molecule has 7 nitrogen and oxygen atoms in total. The molecule has 2 fully saturated rings. The molecule has 3 amide bonds. The molecular weight excluding hydrogens is 368 g/mol. The van der Waals surface area contributed by atoms with Gasteiger partial charge in [-0.1, -0.05) is 18.9 Å². The van der Waals surface area contributed by atoms with Gasteiger partial charge in [0.2, 0.25) is 5.91 Å². The van der Waals surface area contributed by atoms with E-state index in [2.05, 4.69) is 0 Å². The molecule has 0 aliphatic carbocycles. The zero-order chi connectivity index (χ0) is 19.4. The number of hydrogen-bond acceptors (Lipinski definition) is 6. The van der Waals surface area contributed by atoms with Crippen molar-refractivity contribution in [3.63, 3.8) is 0 Å². The van der Waals surface area contributed by atoms with Gasteiger partial charge in [0.25, 0.3) is 11.1 Å². The molecule has 8 heteroatoms. The average molecular weight is 390 g/mol. The number of hydrogen-bond donors (Lipinski definition) is 1. The van der Waals surface area contributed by atoms with E-state index in [0.717, 1.165) is 42.3 Å². The number of thioether (sulfide) groups is 1. The minimum Gasteiger partial charge on any atom is -0.504 e. The molecule has 1 aromatic carbocycles. The maximum Gasteiger partial charge on any atom is 0.294 e. The van der Waals surface area contributed by atoms with Crippen molar-refractivity contribution in [2.75, 3.05) is 26.7 Å². The third-order valence-corrected chi connectivity index (χ3v) is 5.53. The summed E-state index contributed by atoms with van der Waals surface area (Å²) in [5.74, 6) is -0.406. The standard InChI is InChI=1S/C19H22N2O5S/c1-26-15-7-6-13(10-14(15)22)11-16-18(24)21(19(25)27-16)12-17(23)20-8-4-2-3-5-9-20/h6-7,10-11,22H,2-5,8-9,12H2,1H3/b16-11-. The van der Waals surface area contributed by atoms with Crippen LogP contribution in [0.1, 0.15) is 31.2 Å². The van der Waals surface area contributed by atoms with Crippen LogP contribution in [-0.2, 0) is 9.59 Å². The van der Waals surface area contributed by atoms with Crippen molar-refractivity contribution in [2.45, 2.75) is 25.7 Å². The molecular formula is C19H22N2O5S.